The number of Topliss-reactive ketones (excluding diaryl/α,β-unsaturated/α-hetero) is 4. The molecule has 3 saturated heterocycles. The van der Waals surface area contributed by atoms with Crippen LogP contribution in [0, 0.1) is 52.3 Å². The van der Waals surface area contributed by atoms with Crippen molar-refractivity contribution in [1.82, 2.24) is 0 Å². The topological polar surface area (TPSA) is 186 Å². The standard InChI is InChI=1S/C41H62O12/c1-21-11-16-37(50-20-21)22(2)34-32(52-37)18-31-29-10-9-27-17-28(12-14-35(27,7)30(29)13-15-36(31,34)8)51-41(26(6)46)40(49,25(5)45)39(48,24(4)44)38(47,23(3)43)33(19-42)53-41/h21-22,27-34,42,47-49H,9-20H2,1-8H3/t21-,22+,27+,28+,29-,30+,31+,32+,33-,34+,35+,36+,37-,38+,39+,40-,41-/m1/s1. The molecule has 3 heterocycles. The highest BCUT2D eigenvalue weighted by Crippen LogP contribution is 2.71. The molecular weight excluding hydrogens is 684 g/mol. The van der Waals surface area contributed by atoms with E-state index in [1.54, 1.807) is 0 Å². The highest BCUT2D eigenvalue weighted by atomic mass is 16.7. The van der Waals surface area contributed by atoms with Gasteiger partial charge in [0.2, 0.25) is 11.2 Å². The first kappa shape index (κ1) is 39.6. The van der Waals surface area contributed by atoms with Gasteiger partial charge in [-0.3, -0.25) is 19.2 Å². The zero-order valence-corrected chi connectivity index (χ0v) is 32.8. The van der Waals surface area contributed by atoms with Crippen LogP contribution >= 0.6 is 0 Å². The monoisotopic (exact) mass is 746 g/mol. The molecule has 53 heavy (non-hydrogen) atoms. The van der Waals surface area contributed by atoms with Crippen molar-refractivity contribution in [2.45, 2.75) is 166 Å². The third kappa shape index (κ3) is 4.88. The molecule has 4 N–H and O–H groups in total. The summed E-state index contributed by atoms with van der Waals surface area (Å²) < 4.78 is 25.8. The van der Waals surface area contributed by atoms with E-state index >= 15 is 0 Å². The van der Waals surface area contributed by atoms with Crippen LogP contribution in [0.5, 0.6) is 0 Å². The van der Waals surface area contributed by atoms with E-state index in [1.807, 2.05) is 0 Å². The number of aliphatic hydroxyl groups excluding tert-OH is 1. The van der Waals surface area contributed by atoms with Crippen LogP contribution in [0.25, 0.3) is 0 Å². The van der Waals surface area contributed by atoms with Gasteiger partial charge in [-0.25, -0.2) is 0 Å². The Morgan fingerprint density at radius 3 is 1.96 bits per heavy atom. The lowest BCUT2D eigenvalue weighted by Crippen LogP contribution is -2.91. The number of hydrogen-bond acceptors (Lipinski definition) is 12. The second-order valence-electron chi connectivity index (χ2n) is 19.0. The van der Waals surface area contributed by atoms with Gasteiger partial charge in [-0.15, -0.1) is 0 Å². The van der Waals surface area contributed by atoms with Gasteiger partial charge in [-0.2, -0.15) is 0 Å². The second-order valence-corrected chi connectivity index (χ2v) is 19.0. The minimum absolute atomic E-state index is 0.0333. The Kier molecular flexibility index (Phi) is 9.47. The number of rotatable bonds is 7. The molecular formula is C41H62O12. The van der Waals surface area contributed by atoms with E-state index in [-0.39, 0.29) is 22.9 Å². The summed E-state index contributed by atoms with van der Waals surface area (Å²) in [5.41, 5.74) is -10.3. The van der Waals surface area contributed by atoms with Crippen LogP contribution in [0.3, 0.4) is 0 Å². The molecule has 12 nitrogen and oxygen atoms in total. The van der Waals surface area contributed by atoms with Gasteiger partial charge in [0, 0.05) is 19.3 Å². The number of ketones is 4. The third-order valence-electron chi connectivity index (χ3n) is 16.7. The molecule has 0 aromatic rings. The highest BCUT2D eigenvalue weighted by Gasteiger charge is 2.85. The molecule has 0 amide bonds. The zero-order chi connectivity index (χ0) is 38.9. The van der Waals surface area contributed by atoms with Crippen molar-refractivity contribution >= 4 is 23.1 Å². The van der Waals surface area contributed by atoms with E-state index in [1.165, 1.54) is 0 Å². The first-order valence-electron chi connectivity index (χ1n) is 20.1. The van der Waals surface area contributed by atoms with E-state index < -0.39 is 70.3 Å². The van der Waals surface area contributed by atoms with Crippen molar-refractivity contribution in [1.29, 1.82) is 0 Å². The summed E-state index contributed by atoms with van der Waals surface area (Å²) in [7, 11) is 0. The van der Waals surface area contributed by atoms with E-state index in [9.17, 15) is 39.6 Å². The van der Waals surface area contributed by atoms with Crippen LogP contribution in [0.2, 0.25) is 0 Å². The van der Waals surface area contributed by atoms with Gasteiger partial charge < -0.3 is 39.4 Å². The Morgan fingerprint density at radius 1 is 0.736 bits per heavy atom. The summed E-state index contributed by atoms with van der Waals surface area (Å²) in [6, 6.07) is 0. The molecule has 4 aliphatic carbocycles. The quantitative estimate of drug-likeness (QED) is 0.279. The van der Waals surface area contributed by atoms with E-state index in [2.05, 4.69) is 27.7 Å². The van der Waals surface area contributed by atoms with Gasteiger partial charge in [0.05, 0.1) is 25.4 Å². The van der Waals surface area contributed by atoms with Gasteiger partial charge in [0.1, 0.15) is 6.10 Å². The smallest absolute Gasteiger partial charge is 0.270 e. The number of hydrogen-bond donors (Lipinski definition) is 4. The summed E-state index contributed by atoms with van der Waals surface area (Å²) in [6.07, 6.45) is 6.37. The second kappa shape index (κ2) is 12.7. The average Bonchev–Trinajstić information content (AvgIpc) is 3.54. The fraction of sp³-hybridized carbons (Fsp3) is 0.902. The molecule has 17 atom stereocenters. The third-order valence-corrected chi connectivity index (χ3v) is 16.7. The summed E-state index contributed by atoms with van der Waals surface area (Å²) in [5, 5.41) is 46.3. The van der Waals surface area contributed by atoms with Crippen LogP contribution in [0.15, 0.2) is 0 Å². The molecule has 7 aliphatic rings. The molecule has 1 spiro atoms. The number of aliphatic hydroxyl groups is 4. The summed E-state index contributed by atoms with van der Waals surface area (Å²) >= 11 is 0. The Labute approximate surface area is 313 Å². The lowest BCUT2D eigenvalue weighted by atomic mass is 9.44. The summed E-state index contributed by atoms with van der Waals surface area (Å²) in [5.74, 6) is -5.33. The number of carbonyl (C=O) groups excluding carboxylic acids is 4. The fourth-order valence-corrected chi connectivity index (χ4v) is 13.9. The van der Waals surface area contributed by atoms with Crippen LogP contribution in [0.1, 0.15) is 120 Å². The largest absolute Gasteiger partial charge is 0.394 e. The number of carbonyl (C=O) groups is 4. The molecule has 7 rings (SSSR count). The molecule has 7 fully saturated rings. The van der Waals surface area contributed by atoms with Crippen molar-refractivity contribution in [3.05, 3.63) is 0 Å². The molecule has 0 bridgehead atoms. The van der Waals surface area contributed by atoms with Crippen molar-refractivity contribution in [3.8, 4) is 0 Å². The van der Waals surface area contributed by atoms with Crippen molar-refractivity contribution in [3.63, 3.8) is 0 Å². The van der Waals surface area contributed by atoms with Crippen molar-refractivity contribution in [2.24, 2.45) is 52.3 Å². The Morgan fingerprint density at radius 2 is 1.40 bits per heavy atom. The maximum Gasteiger partial charge on any atom is 0.270 e. The van der Waals surface area contributed by atoms with Crippen molar-refractivity contribution < 1.29 is 58.6 Å². The number of fused-ring (bicyclic) bond motifs is 7. The minimum atomic E-state index is -3.59. The van der Waals surface area contributed by atoms with Crippen LogP contribution in [-0.4, -0.2) is 103 Å². The molecule has 0 radical (unpaired) electrons. The first-order valence-corrected chi connectivity index (χ1v) is 20.1. The summed E-state index contributed by atoms with van der Waals surface area (Å²) in [6.45, 7) is 12.6. The van der Waals surface area contributed by atoms with Crippen LogP contribution < -0.4 is 0 Å². The lowest BCUT2D eigenvalue weighted by molar-refractivity contribution is -0.409. The van der Waals surface area contributed by atoms with Crippen LogP contribution in [0.4, 0.5) is 0 Å². The maximum absolute atomic E-state index is 13.7. The molecule has 4 saturated carbocycles. The molecule has 0 unspecified atom stereocenters. The summed E-state index contributed by atoms with van der Waals surface area (Å²) in [4.78, 5) is 53.4. The van der Waals surface area contributed by atoms with E-state index in [0.29, 0.717) is 48.3 Å². The predicted octanol–water partition coefficient (Wildman–Crippen LogP) is 3.45. The number of ether oxygens (including phenoxy) is 4. The zero-order valence-electron chi connectivity index (χ0n) is 32.8. The molecule has 3 aliphatic heterocycles. The molecule has 0 aromatic carbocycles. The van der Waals surface area contributed by atoms with E-state index in [4.69, 9.17) is 18.9 Å². The van der Waals surface area contributed by atoms with Gasteiger partial charge in [-0.05, 0) is 125 Å². The van der Waals surface area contributed by atoms with E-state index in [0.717, 1.165) is 85.7 Å². The highest BCUT2D eigenvalue weighted by molar-refractivity contribution is 6.09. The predicted molar refractivity (Wildman–Crippen MR) is 189 cm³/mol. The van der Waals surface area contributed by atoms with Crippen LogP contribution in [-0.2, 0) is 38.1 Å². The maximum atomic E-state index is 13.7. The van der Waals surface area contributed by atoms with Gasteiger partial charge in [-0.1, -0.05) is 27.7 Å². The average molecular weight is 747 g/mol. The lowest BCUT2D eigenvalue weighted by Gasteiger charge is -2.63. The van der Waals surface area contributed by atoms with Gasteiger partial charge in [0.25, 0.3) is 5.79 Å². The Balaban J connectivity index is 1.14. The SMILES string of the molecule is CC(=O)[C@@]1(O[C@H]2CC[C@@]3(C)[C@@H](CC[C@@H]4[C@@H]3CC[C@]3(C)[C@@H]5[C@H](C[C@@H]43)O[C@]3(CC[C@@H](C)CO3)[C@H]5C)C2)O[C@H](CO)[C@@](O)(C(C)=O)[C@@](O)(C(C)=O)[C@]1(O)C(C)=O. The normalized spacial score (nSPS) is 54.7. The van der Waals surface area contributed by atoms with Gasteiger partial charge in [0.15, 0.2) is 34.5 Å². The Bertz CT molecular complexity index is 1540. The minimum Gasteiger partial charge on any atom is -0.394 e. The molecule has 298 valence electrons. The first-order chi connectivity index (χ1) is 24.6. The Hall–Kier alpha value is -1.64. The molecule has 0 aromatic heterocycles. The van der Waals surface area contributed by atoms with Gasteiger partial charge >= 0.3 is 0 Å². The van der Waals surface area contributed by atoms with Crippen molar-refractivity contribution in [2.75, 3.05) is 13.2 Å². The fourth-order valence-electron chi connectivity index (χ4n) is 13.9. The molecule has 12 heteroatoms.